The topological polar surface area (TPSA) is 44.8 Å². The van der Waals surface area contributed by atoms with Gasteiger partial charge in [-0.15, -0.1) is 0 Å². The zero-order valence-corrected chi connectivity index (χ0v) is 19.2. The number of ether oxygens (including phenoxy) is 1. The average molecular weight is 460 g/mol. The number of nitrogens with zero attached hydrogens (tertiary/aromatic N) is 2. The van der Waals surface area contributed by atoms with Crippen LogP contribution in [0.25, 0.3) is 11.1 Å². The number of nitrogens with one attached hydrogen (secondary N) is 1. The van der Waals surface area contributed by atoms with E-state index in [2.05, 4.69) is 15.1 Å². The van der Waals surface area contributed by atoms with Crippen LogP contribution in [-0.4, -0.2) is 62.3 Å². The number of carbonyl (C=O) groups is 1. The van der Waals surface area contributed by atoms with Crippen LogP contribution in [0.1, 0.15) is 16.8 Å². The van der Waals surface area contributed by atoms with Gasteiger partial charge in [-0.3, -0.25) is 4.90 Å². The molecule has 5 rings (SSSR count). The van der Waals surface area contributed by atoms with Crippen molar-refractivity contribution in [3.8, 4) is 11.1 Å². The van der Waals surface area contributed by atoms with Crippen LogP contribution in [0.4, 0.5) is 10.1 Å². The van der Waals surface area contributed by atoms with E-state index in [9.17, 15) is 9.18 Å². The molecule has 2 aliphatic heterocycles. The van der Waals surface area contributed by atoms with E-state index in [4.69, 9.17) is 4.74 Å². The van der Waals surface area contributed by atoms with Crippen molar-refractivity contribution in [2.45, 2.75) is 18.6 Å². The van der Waals surface area contributed by atoms with E-state index < -0.39 is 0 Å². The molecule has 2 heterocycles. The van der Waals surface area contributed by atoms with Gasteiger partial charge in [0, 0.05) is 38.4 Å². The number of piperazine rings is 1. The molecule has 2 fully saturated rings. The second kappa shape index (κ2) is 10.4. The van der Waals surface area contributed by atoms with Gasteiger partial charge in [-0.2, -0.15) is 0 Å². The molecule has 3 aromatic carbocycles. The minimum Gasteiger partial charge on any atom is -0.457 e. The van der Waals surface area contributed by atoms with Gasteiger partial charge in [-0.05, 0) is 60.5 Å². The smallest absolute Gasteiger partial charge is 0.338 e. The molecule has 0 amide bonds. The Hall–Kier alpha value is -3.22. The van der Waals surface area contributed by atoms with Gasteiger partial charge in [0.2, 0.25) is 0 Å². The quantitative estimate of drug-likeness (QED) is 0.580. The minimum atomic E-state index is -0.264. The fourth-order valence-corrected chi connectivity index (χ4v) is 4.95. The summed E-state index contributed by atoms with van der Waals surface area (Å²) in [5.41, 5.74) is 3.72. The summed E-state index contributed by atoms with van der Waals surface area (Å²) in [7, 11) is 0. The molecule has 176 valence electrons. The highest BCUT2D eigenvalue weighted by Crippen LogP contribution is 2.24. The minimum absolute atomic E-state index is 0.144. The van der Waals surface area contributed by atoms with Gasteiger partial charge in [-0.25, -0.2) is 9.18 Å². The highest BCUT2D eigenvalue weighted by molar-refractivity contribution is 5.91. The van der Waals surface area contributed by atoms with Crippen LogP contribution in [0.15, 0.2) is 78.9 Å². The van der Waals surface area contributed by atoms with E-state index in [0.29, 0.717) is 5.56 Å². The summed E-state index contributed by atoms with van der Waals surface area (Å²) in [5, 5.41) is 3.47. The number of halogens is 1. The molecule has 2 saturated heterocycles. The number of esters is 1. The van der Waals surface area contributed by atoms with Crippen molar-refractivity contribution in [2.75, 3.05) is 44.2 Å². The molecule has 0 aliphatic carbocycles. The second-order valence-electron chi connectivity index (χ2n) is 8.95. The maximum Gasteiger partial charge on any atom is 0.338 e. The van der Waals surface area contributed by atoms with Crippen LogP contribution in [0.3, 0.4) is 0 Å². The summed E-state index contributed by atoms with van der Waals surface area (Å²) in [4.78, 5) is 17.8. The monoisotopic (exact) mass is 459 g/mol. The van der Waals surface area contributed by atoms with Crippen molar-refractivity contribution in [1.82, 2.24) is 10.2 Å². The Morgan fingerprint density at radius 1 is 0.882 bits per heavy atom. The molecule has 2 aliphatic rings. The largest absolute Gasteiger partial charge is 0.457 e. The van der Waals surface area contributed by atoms with Crippen molar-refractivity contribution >= 4 is 11.7 Å². The first-order valence-corrected chi connectivity index (χ1v) is 12.0. The van der Waals surface area contributed by atoms with Crippen molar-refractivity contribution in [3.63, 3.8) is 0 Å². The highest BCUT2D eigenvalue weighted by Gasteiger charge is 2.34. The molecule has 2 atom stereocenters. The van der Waals surface area contributed by atoms with E-state index in [-0.39, 0.29) is 23.9 Å². The molecule has 3 aromatic rings. The number of rotatable bonds is 5. The van der Waals surface area contributed by atoms with E-state index in [1.165, 1.54) is 12.1 Å². The lowest BCUT2D eigenvalue weighted by molar-refractivity contribution is -0.0141. The van der Waals surface area contributed by atoms with Crippen LogP contribution in [-0.2, 0) is 4.74 Å². The molecule has 0 spiro atoms. The van der Waals surface area contributed by atoms with Gasteiger partial charge in [-0.1, -0.05) is 42.5 Å². The number of anilines is 1. The average Bonchev–Trinajstić information content (AvgIpc) is 2.90. The summed E-state index contributed by atoms with van der Waals surface area (Å²) < 4.78 is 19.3. The number of hydrogen-bond acceptors (Lipinski definition) is 5. The Bertz CT molecular complexity index is 1100. The normalized spacial score (nSPS) is 21.3. The van der Waals surface area contributed by atoms with Crippen molar-refractivity contribution in [3.05, 3.63) is 90.2 Å². The standard InChI is InChI=1S/C28H30FN3O2/c29-24-9-11-25(12-10-24)31-15-17-32(18-16-31)26-20-30-14-13-27(26)34-28(33)23-8-4-7-22(19-23)21-5-2-1-3-6-21/h1-12,19,26-27,30H,13-18,20H2/t26?,27-/m1/s1. The predicted octanol–water partition coefficient (Wildman–Crippen LogP) is 4.20. The summed E-state index contributed by atoms with van der Waals surface area (Å²) in [6.07, 6.45) is 0.652. The number of benzene rings is 3. The fourth-order valence-electron chi connectivity index (χ4n) is 4.95. The summed E-state index contributed by atoms with van der Waals surface area (Å²) in [6.45, 7) is 5.12. The predicted molar refractivity (Wildman–Crippen MR) is 133 cm³/mol. The molecule has 0 aromatic heterocycles. The van der Waals surface area contributed by atoms with Crippen molar-refractivity contribution in [1.29, 1.82) is 0 Å². The lowest BCUT2D eigenvalue weighted by Gasteiger charge is -2.44. The Morgan fingerprint density at radius 2 is 1.62 bits per heavy atom. The molecule has 0 radical (unpaired) electrons. The first-order chi connectivity index (χ1) is 16.7. The number of piperidine rings is 1. The van der Waals surface area contributed by atoms with Crippen LogP contribution in [0.5, 0.6) is 0 Å². The Morgan fingerprint density at radius 3 is 2.38 bits per heavy atom. The molecule has 6 heteroatoms. The molecular weight excluding hydrogens is 429 g/mol. The van der Waals surface area contributed by atoms with Gasteiger partial charge >= 0.3 is 5.97 Å². The third-order valence-electron chi connectivity index (χ3n) is 6.83. The summed E-state index contributed by atoms with van der Waals surface area (Å²) in [5.74, 6) is -0.478. The van der Waals surface area contributed by atoms with E-state index in [0.717, 1.165) is 62.5 Å². The number of carbonyl (C=O) groups excluding carboxylic acids is 1. The SMILES string of the molecule is O=C(O[C@@H]1CCNCC1N1CCN(c2ccc(F)cc2)CC1)c1cccc(-c2ccccc2)c1. The van der Waals surface area contributed by atoms with Crippen molar-refractivity contribution < 1.29 is 13.9 Å². The number of hydrogen-bond donors (Lipinski definition) is 1. The van der Waals surface area contributed by atoms with Gasteiger partial charge in [0.15, 0.2) is 0 Å². The molecule has 1 N–H and O–H groups in total. The Balaban J connectivity index is 1.23. The van der Waals surface area contributed by atoms with E-state index in [1.807, 2.05) is 66.7 Å². The molecule has 5 nitrogen and oxygen atoms in total. The third-order valence-corrected chi connectivity index (χ3v) is 6.83. The molecule has 34 heavy (non-hydrogen) atoms. The lowest BCUT2D eigenvalue weighted by Crippen LogP contribution is -2.60. The molecule has 0 bridgehead atoms. The summed E-state index contributed by atoms with van der Waals surface area (Å²) in [6, 6.07) is 24.6. The van der Waals surface area contributed by atoms with Crippen molar-refractivity contribution in [2.24, 2.45) is 0 Å². The molecule has 0 saturated carbocycles. The fraction of sp³-hybridized carbons (Fsp3) is 0.321. The van der Waals surface area contributed by atoms with Crippen LogP contribution < -0.4 is 10.2 Å². The summed E-state index contributed by atoms with van der Waals surface area (Å²) >= 11 is 0. The van der Waals surface area contributed by atoms with Crippen LogP contribution >= 0.6 is 0 Å². The zero-order valence-electron chi connectivity index (χ0n) is 19.2. The molecule has 1 unspecified atom stereocenters. The van der Waals surface area contributed by atoms with Gasteiger partial charge in [0.25, 0.3) is 0 Å². The first-order valence-electron chi connectivity index (χ1n) is 12.0. The maximum absolute atomic E-state index is 13.3. The van der Waals surface area contributed by atoms with Crippen LogP contribution in [0.2, 0.25) is 0 Å². The molecular formula is C28H30FN3O2. The van der Waals surface area contributed by atoms with Gasteiger partial charge in [0.1, 0.15) is 11.9 Å². The van der Waals surface area contributed by atoms with Gasteiger partial charge < -0.3 is 15.0 Å². The first kappa shape index (κ1) is 22.6. The van der Waals surface area contributed by atoms with E-state index in [1.54, 1.807) is 0 Å². The van der Waals surface area contributed by atoms with E-state index >= 15 is 0 Å². The third kappa shape index (κ3) is 5.13. The maximum atomic E-state index is 13.3. The zero-order chi connectivity index (χ0) is 23.3. The highest BCUT2D eigenvalue weighted by atomic mass is 19.1. The van der Waals surface area contributed by atoms with Gasteiger partial charge in [0.05, 0.1) is 11.6 Å². The second-order valence-corrected chi connectivity index (χ2v) is 8.95. The lowest BCUT2D eigenvalue weighted by atomic mass is 10.0. The Kier molecular flexibility index (Phi) is 6.88. The Labute approximate surface area is 200 Å². The van der Waals surface area contributed by atoms with Crippen LogP contribution in [0, 0.1) is 5.82 Å².